The van der Waals surface area contributed by atoms with E-state index in [1.165, 1.54) is 6.33 Å². The van der Waals surface area contributed by atoms with Crippen LogP contribution >= 0.6 is 0 Å². The summed E-state index contributed by atoms with van der Waals surface area (Å²) in [6.45, 7) is 3.92. The molecular weight excluding hydrogens is 225 g/mol. The van der Waals surface area contributed by atoms with Crippen molar-refractivity contribution in [3.8, 4) is 0 Å². The molecule has 0 atom stereocenters. The largest absolute Gasteiger partial charge is 0.382 e. The highest BCUT2D eigenvalue weighted by Crippen LogP contribution is 2.12. The normalized spacial score (nSPS) is 10.5. The monoisotopic (exact) mass is 243 g/mol. The van der Waals surface area contributed by atoms with Gasteiger partial charge in [0.25, 0.3) is 0 Å². The summed E-state index contributed by atoms with van der Waals surface area (Å²) in [6, 6.07) is 0. The number of aryl methyl sites for hydroxylation is 1. The van der Waals surface area contributed by atoms with Gasteiger partial charge in [0.15, 0.2) is 11.6 Å². The minimum atomic E-state index is -0.383. The van der Waals surface area contributed by atoms with E-state index in [9.17, 15) is 4.39 Å². The smallest absolute Gasteiger partial charge is 0.186 e. The third kappa shape index (κ3) is 4.62. The summed E-state index contributed by atoms with van der Waals surface area (Å²) in [4.78, 5) is 7.70. The van der Waals surface area contributed by atoms with Crippen LogP contribution in [-0.2, 0) is 15.9 Å². The van der Waals surface area contributed by atoms with Crippen LogP contribution in [-0.4, -0.2) is 43.4 Å². The molecular formula is C11H18FN3O2. The standard InChI is InChI=1S/C11H18FN3O2/c1-3-9-10(12)11(15-8-14-9)13-4-5-17-7-6-16-2/h8H,3-7H2,1-2H3,(H,13,14,15). The number of aromatic nitrogens is 2. The number of hydrogen-bond acceptors (Lipinski definition) is 5. The van der Waals surface area contributed by atoms with Crippen LogP contribution in [0.5, 0.6) is 0 Å². The van der Waals surface area contributed by atoms with E-state index < -0.39 is 0 Å². The summed E-state index contributed by atoms with van der Waals surface area (Å²) in [6.07, 6.45) is 1.91. The minimum Gasteiger partial charge on any atom is -0.382 e. The summed E-state index contributed by atoms with van der Waals surface area (Å²) in [5, 5.41) is 2.87. The van der Waals surface area contributed by atoms with Gasteiger partial charge in [-0.05, 0) is 6.42 Å². The van der Waals surface area contributed by atoms with Gasteiger partial charge in [-0.2, -0.15) is 0 Å². The van der Waals surface area contributed by atoms with Crippen LogP contribution in [0.2, 0.25) is 0 Å². The topological polar surface area (TPSA) is 56.3 Å². The van der Waals surface area contributed by atoms with Crippen molar-refractivity contribution in [2.45, 2.75) is 13.3 Å². The third-order valence-corrected chi connectivity index (χ3v) is 2.17. The molecule has 17 heavy (non-hydrogen) atoms. The number of rotatable bonds is 8. The molecule has 1 aromatic heterocycles. The average Bonchev–Trinajstić information content (AvgIpc) is 2.35. The maximum atomic E-state index is 13.7. The van der Waals surface area contributed by atoms with Gasteiger partial charge in [-0.25, -0.2) is 14.4 Å². The summed E-state index contributed by atoms with van der Waals surface area (Å²) < 4.78 is 23.7. The summed E-state index contributed by atoms with van der Waals surface area (Å²) >= 11 is 0. The van der Waals surface area contributed by atoms with Crippen molar-refractivity contribution in [2.24, 2.45) is 0 Å². The molecule has 0 saturated heterocycles. The third-order valence-electron chi connectivity index (χ3n) is 2.17. The van der Waals surface area contributed by atoms with Gasteiger partial charge in [-0.1, -0.05) is 6.92 Å². The Morgan fingerprint density at radius 1 is 1.29 bits per heavy atom. The molecule has 5 nitrogen and oxygen atoms in total. The molecule has 0 bridgehead atoms. The lowest BCUT2D eigenvalue weighted by Crippen LogP contribution is -2.14. The van der Waals surface area contributed by atoms with Crippen molar-refractivity contribution < 1.29 is 13.9 Å². The number of anilines is 1. The lowest BCUT2D eigenvalue weighted by molar-refractivity contribution is 0.0759. The van der Waals surface area contributed by atoms with E-state index in [1.54, 1.807) is 7.11 Å². The van der Waals surface area contributed by atoms with Gasteiger partial charge in [-0.3, -0.25) is 0 Å². The van der Waals surface area contributed by atoms with Gasteiger partial charge in [-0.15, -0.1) is 0 Å². The first-order chi connectivity index (χ1) is 8.29. The highest BCUT2D eigenvalue weighted by molar-refractivity contribution is 5.37. The molecule has 1 heterocycles. The Morgan fingerprint density at radius 3 is 2.82 bits per heavy atom. The average molecular weight is 243 g/mol. The van der Waals surface area contributed by atoms with E-state index in [1.807, 2.05) is 6.92 Å². The van der Waals surface area contributed by atoms with Crippen molar-refractivity contribution in [3.05, 3.63) is 17.8 Å². The fourth-order valence-electron chi connectivity index (χ4n) is 1.26. The summed E-state index contributed by atoms with van der Waals surface area (Å²) in [7, 11) is 1.62. The van der Waals surface area contributed by atoms with Crippen molar-refractivity contribution in [1.29, 1.82) is 0 Å². The van der Waals surface area contributed by atoms with Crippen molar-refractivity contribution in [3.63, 3.8) is 0 Å². The molecule has 96 valence electrons. The van der Waals surface area contributed by atoms with Crippen LogP contribution in [0.25, 0.3) is 0 Å². The van der Waals surface area contributed by atoms with Crippen LogP contribution in [0.3, 0.4) is 0 Å². The molecule has 0 fully saturated rings. The molecule has 0 aliphatic carbocycles. The lowest BCUT2D eigenvalue weighted by Gasteiger charge is -2.08. The Kier molecular flexibility index (Phi) is 6.42. The zero-order chi connectivity index (χ0) is 12.5. The van der Waals surface area contributed by atoms with E-state index in [-0.39, 0.29) is 11.6 Å². The molecule has 1 N–H and O–H groups in total. The van der Waals surface area contributed by atoms with Crippen LogP contribution < -0.4 is 5.32 Å². The van der Waals surface area contributed by atoms with Crippen molar-refractivity contribution >= 4 is 5.82 Å². The Hall–Kier alpha value is -1.27. The molecule has 0 aliphatic rings. The maximum Gasteiger partial charge on any atom is 0.186 e. The fraction of sp³-hybridized carbons (Fsp3) is 0.636. The Morgan fingerprint density at radius 2 is 2.12 bits per heavy atom. The fourth-order valence-corrected chi connectivity index (χ4v) is 1.26. The highest BCUT2D eigenvalue weighted by Gasteiger charge is 2.08. The SMILES string of the molecule is CCc1ncnc(NCCOCCOC)c1F. The first-order valence-corrected chi connectivity index (χ1v) is 5.59. The Balaban J connectivity index is 2.31. The van der Waals surface area contributed by atoms with Crippen LogP contribution in [0.4, 0.5) is 10.2 Å². The zero-order valence-electron chi connectivity index (χ0n) is 10.2. The molecule has 0 aliphatic heterocycles. The van der Waals surface area contributed by atoms with Crippen LogP contribution in [0, 0.1) is 5.82 Å². The lowest BCUT2D eigenvalue weighted by atomic mass is 10.3. The van der Waals surface area contributed by atoms with Gasteiger partial charge in [0.1, 0.15) is 6.33 Å². The van der Waals surface area contributed by atoms with E-state index in [2.05, 4.69) is 15.3 Å². The van der Waals surface area contributed by atoms with Gasteiger partial charge in [0, 0.05) is 13.7 Å². The predicted molar refractivity (Wildman–Crippen MR) is 62.6 cm³/mol. The second-order valence-corrected chi connectivity index (χ2v) is 3.37. The molecule has 1 rings (SSSR count). The molecule has 6 heteroatoms. The quantitative estimate of drug-likeness (QED) is 0.696. The molecule has 0 unspecified atom stereocenters. The van der Waals surface area contributed by atoms with Gasteiger partial charge < -0.3 is 14.8 Å². The number of hydrogen-bond donors (Lipinski definition) is 1. The Labute approximate surface area is 100 Å². The minimum absolute atomic E-state index is 0.229. The van der Waals surface area contributed by atoms with E-state index in [0.717, 1.165) is 0 Å². The molecule has 0 saturated carbocycles. The second-order valence-electron chi connectivity index (χ2n) is 3.37. The number of nitrogens with zero attached hydrogens (tertiary/aromatic N) is 2. The summed E-state index contributed by atoms with van der Waals surface area (Å²) in [5.41, 5.74) is 0.419. The first kappa shape index (κ1) is 13.8. The number of methoxy groups -OCH3 is 1. The van der Waals surface area contributed by atoms with Gasteiger partial charge >= 0.3 is 0 Å². The Bertz CT molecular complexity index is 336. The van der Waals surface area contributed by atoms with Crippen LogP contribution in [0.1, 0.15) is 12.6 Å². The summed E-state index contributed by atoms with van der Waals surface area (Å²) in [5.74, 6) is -0.154. The predicted octanol–water partition coefficient (Wildman–Crippen LogP) is 1.25. The first-order valence-electron chi connectivity index (χ1n) is 5.59. The van der Waals surface area contributed by atoms with Crippen molar-refractivity contribution in [2.75, 3.05) is 38.8 Å². The second kappa shape index (κ2) is 7.92. The molecule has 0 radical (unpaired) electrons. The zero-order valence-corrected chi connectivity index (χ0v) is 10.2. The molecule has 0 aromatic carbocycles. The highest BCUT2D eigenvalue weighted by atomic mass is 19.1. The van der Waals surface area contributed by atoms with Gasteiger partial charge in [0.05, 0.1) is 25.5 Å². The number of ether oxygens (including phenoxy) is 2. The van der Waals surface area contributed by atoms with E-state index in [0.29, 0.717) is 38.5 Å². The van der Waals surface area contributed by atoms with Crippen LogP contribution in [0.15, 0.2) is 6.33 Å². The van der Waals surface area contributed by atoms with Crippen molar-refractivity contribution in [1.82, 2.24) is 9.97 Å². The maximum absolute atomic E-state index is 13.7. The van der Waals surface area contributed by atoms with Gasteiger partial charge in [0.2, 0.25) is 0 Å². The number of halogens is 1. The molecule has 0 amide bonds. The van der Waals surface area contributed by atoms with E-state index in [4.69, 9.17) is 9.47 Å². The molecule has 1 aromatic rings. The van der Waals surface area contributed by atoms with E-state index >= 15 is 0 Å². The molecule has 0 spiro atoms. The number of nitrogens with one attached hydrogen (secondary N) is 1.